The lowest BCUT2D eigenvalue weighted by molar-refractivity contribution is 0.354. The van der Waals surface area contributed by atoms with E-state index in [0.29, 0.717) is 6.04 Å². The molecule has 0 radical (unpaired) electrons. The summed E-state index contributed by atoms with van der Waals surface area (Å²) < 4.78 is 1.11. The minimum absolute atomic E-state index is 0.124. The summed E-state index contributed by atoms with van der Waals surface area (Å²) in [4.78, 5) is 0. The Balaban J connectivity index is 2.05. The molecular formula is C12H17BrN2. The first-order valence-corrected chi connectivity index (χ1v) is 6.31. The highest BCUT2D eigenvalue weighted by atomic mass is 79.9. The van der Waals surface area contributed by atoms with Crippen LogP contribution in [0.4, 0.5) is 0 Å². The summed E-state index contributed by atoms with van der Waals surface area (Å²) in [6.07, 6.45) is 3.77. The van der Waals surface area contributed by atoms with Crippen LogP contribution in [0.3, 0.4) is 0 Å². The first kappa shape index (κ1) is 11.1. The van der Waals surface area contributed by atoms with Gasteiger partial charge in [0.05, 0.1) is 0 Å². The highest BCUT2D eigenvalue weighted by Crippen LogP contribution is 2.22. The second kappa shape index (κ2) is 5.10. The smallest absolute Gasteiger partial charge is 0.0450 e. The Morgan fingerprint density at radius 3 is 2.60 bits per heavy atom. The molecule has 0 amide bonds. The number of hydrogen-bond donors (Lipinski definition) is 2. The predicted octanol–water partition coefficient (Wildman–Crippen LogP) is 2.59. The third-order valence-corrected chi connectivity index (χ3v) is 3.57. The fraction of sp³-hybridized carbons (Fsp3) is 0.500. The SMILES string of the molecule is NC(c1ccc(Br)cc1)C1CCCCN1. The van der Waals surface area contributed by atoms with Crippen molar-refractivity contribution >= 4 is 15.9 Å². The average Bonchev–Trinajstić information content (AvgIpc) is 2.30. The molecule has 2 rings (SSSR count). The van der Waals surface area contributed by atoms with Crippen molar-refractivity contribution < 1.29 is 0 Å². The van der Waals surface area contributed by atoms with Gasteiger partial charge in [0.2, 0.25) is 0 Å². The van der Waals surface area contributed by atoms with Crippen LogP contribution in [0.25, 0.3) is 0 Å². The summed E-state index contributed by atoms with van der Waals surface area (Å²) in [5.74, 6) is 0. The van der Waals surface area contributed by atoms with E-state index in [1.54, 1.807) is 0 Å². The molecule has 0 bridgehead atoms. The van der Waals surface area contributed by atoms with Gasteiger partial charge >= 0.3 is 0 Å². The maximum absolute atomic E-state index is 6.24. The van der Waals surface area contributed by atoms with E-state index in [1.807, 2.05) is 0 Å². The molecular weight excluding hydrogens is 252 g/mol. The van der Waals surface area contributed by atoms with E-state index in [2.05, 4.69) is 45.5 Å². The number of piperidine rings is 1. The van der Waals surface area contributed by atoms with Gasteiger partial charge in [0, 0.05) is 16.6 Å². The van der Waals surface area contributed by atoms with Gasteiger partial charge in [-0.15, -0.1) is 0 Å². The summed E-state index contributed by atoms with van der Waals surface area (Å²) in [6.45, 7) is 1.11. The summed E-state index contributed by atoms with van der Waals surface area (Å²) >= 11 is 3.43. The van der Waals surface area contributed by atoms with Crippen LogP contribution in [0, 0.1) is 0 Å². The van der Waals surface area contributed by atoms with Crippen molar-refractivity contribution in [1.82, 2.24) is 5.32 Å². The van der Waals surface area contributed by atoms with Crippen molar-refractivity contribution in [3.05, 3.63) is 34.3 Å². The summed E-state index contributed by atoms with van der Waals surface area (Å²) in [5, 5.41) is 3.50. The van der Waals surface area contributed by atoms with Crippen molar-refractivity contribution in [3.8, 4) is 0 Å². The molecule has 1 aliphatic rings. The van der Waals surface area contributed by atoms with Gasteiger partial charge < -0.3 is 11.1 Å². The van der Waals surface area contributed by atoms with Gasteiger partial charge in [0.1, 0.15) is 0 Å². The largest absolute Gasteiger partial charge is 0.323 e. The van der Waals surface area contributed by atoms with Gasteiger partial charge in [-0.05, 0) is 37.1 Å². The van der Waals surface area contributed by atoms with Crippen LogP contribution in [-0.4, -0.2) is 12.6 Å². The minimum Gasteiger partial charge on any atom is -0.323 e. The standard InChI is InChI=1S/C12H17BrN2/c13-10-6-4-9(5-7-10)12(14)11-3-1-2-8-15-11/h4-7,11-12,15H,1-3,8,14H2. The number of nitrogens with two attached hydrogens (primary N) is 1. The zero-order chi connectivity index (χ0) is 10.7. The molecule has 3 N–H and O–H groups in total. The zero-order valence-corrected chi connectivity index (χ0v) is 10.3. The van der Waals surface area contributed by atoms with E-state index in [-0.39, 0.29) is 6.04 Å². The van der Waals surface area contributed by atoms with Crippen molar-refractivity contribution in [3.63, 3.8) is 0 Å². The average molecular weight is 269 g/mol. The number of halogens is 1. The topological polar surface area (TPSA) is 38.0 Å². The van der Waals surface area contributed by atoms with Gasteiger partial charge in [-0.2, -0.15) is 0 Å². The number of rotatable bonds is 2. The molecule has 0 aromatic heterocycles. The third-order valence-electron chi connectivity index (χ3n) is 3.04. The van der Waals surface area contributed by atoms with E-state index in [1.165, 1.54) is 24.8 Å². The zero-order valence-electron chi connectivity index (χ0n) is 8.75. The van der Waals surface area contributed by atoms with Crippen LogP contribution in [0.15, 0.2) is 28.7 Å². The van der Waals surface area contributed by atoms with Gasteiger partial charge in [-0.25, -0.2) is 0 Å². The molecule has 1 aromatic rings. The van der Waals surface area contributed by atoms with Gasteiger partial charge in [0.25, 0.3) is 0 Å². The third kappa shape index (κ3) is 2.80. The molecule has 0 aliphatic carbocycles. The number of nitrogens with one attached hydrogen (secondary N) is 1. The Hall–Kier alpha value is -0.380. The van der Waals surface area contributed by atoms with Crippen LogP contribution < -0.4 is 11.1 Å². The van der Waals surface area contributed by atoms with E-state index in [0.717, 1.165) is 11.0 Å². The van der Waals surface area contributed by atoms with Crippen molar-refractivity contribution in [2.45, 2.75) is 31.3 Å². The molecule has 15 heavy (non-hydrogen) atoms. The first-order chi connectivity index (χ1) is 7.27. The molecule has 3 heteroatoms. The second-order valence-electron chi connectivity index (χ2n) is 4.13. The van der Waals surface area contributed by atoms with Gasteiger partial charge in [-0.1, -0.05) is 34.5 Å². The fourth-order valence-corrected chi connectivity index (χ4v) is 2.37. The lowest BCUT2D eigenvalue weighted by atomic mass is 9.93. The summed E-state index contributed by atoms with van der Waals surface area (Å²) in [7, 11) is 0. The molecule has 1 saturated heterocycles. The summed E-state index contributed by atoms with van der Waals surface area (Å²) in [5.41, 5.74) is 7.46. The summed E-state index contributed by atoms with van der Waals surface area (Å²) in [6, 6.07) is 8.88. The fourth-order valence-electron chi connectivity index (χ4n) is 2.10. The van der Waals surface area contributed by atoms with E-state index in [4.69, 9.17) is 5.73 Å². The molecule has 82 valence electrons. The number of benzene rings is 1. The van der Waals surface area contributed by atoms with Crippen molar-refractivity contribution in [2.24, 2.45) is 5.73 Å². The minimum atomic E-state index is 0.124. The van der Waals surface area contributed by atoms with Crippen LogP contribution in [-0.2, 0) is 0 Å². The molecule has 2 atom stereocenters. The maximum Gasteiger partial charge on any atom is 0.0450 e. The Labute approximate surface area is 99.4 Å². The van der Waals surface area contributed by atoms with Crippen LogP contribution >= 0.6 is 15.9 Å². The van der Waals surface area contributed by atoms with Gasteiger partial charge in [-0.3, -0.25) is 0 Å². The molecule has 2 nitrogen and oxygen atoms in total. The van der Waals surface area contributed by atoms with E-state index in [9.17, 15) is 0 Å². The van der Waals surface area contributed by atoms with Crippen LogP contribution in [0.2, 0.25) is 0 Å². The normalized spacial score (nSPS) is 23.7. The maximum atomic E-state index is 6.24. The number of hydrogen-bond acceptors (Lipinski definition) is 2. The van der Waals surface area contributed by atoms with Crippen molar-refractivity contribution in [2.75, 3.05) is 6.54 Å². The molecule has 0 saturated carbocycles. The monoisotopic (exact) mass is 268 g/mol. The second-order valence-corrected chi connectivity index (χ2v) is 5.05. The van der Waals surface area contributed by atoms with Crippen LogP contribution in [0.1, 0.15) is 30.9 Å². The quantitative estimate of drug-likeness (QED) is 0.866. The Morgan fingerprint density at radius 1 is 1.27 bits per heavy atom. The molecule has 2 unspecified atom stereocenters. The lowest BCUT2D eigenvalue weighted by Crippen LogP contribution is -2.42. The molecule has 1 aromatic carbocycles. The molecule has 0 spiro atoms. The Morgan fingerprint density at radius 2 is 2.00 bits per heavy atom. The lowest BCUT2D eigenvalue weighted by Gasteiger charge is -2.29. The van der Waals surface area contributed by atoms with Crippen LogP contribution in [0.5, 0.6) is 0 Å². The predicted molar refractivity (Wildman–Crippen MR) is 66.7 cm³/mol. The Kier molecular flexibility index (Phi) is 3.78. The highest BCUT2D eigenvalue weighted by Gasteiger charge is 2.20. The molecule has 1 aliphatic heterocycles. The van der Waals surface area contributed by atoms with E-state index < -0.39 is 0 Å². The van der Waals surface area contributed by atoms with Crippen molar-refractivity contribution in [1.29, 1.82) is 0 Å². The van der Waals surface area contributed by atoms with Gasteiger partial charge in [0.15, 0.2) is 0 Å². The Bertz CT molecular complexity index is 304. The first-order valence-electron chi connectivity index (χ1n) is 5.52. The van der Waals surface area contributed by atoms with E-state index >= 15 is 0 Å². The highest BCUT2D eigenvalue weighted by molar-refractivity contribution is 9.10. The molecule has 1 fully saturated rings. The molecule has 1 heterocycles.